The molecule has 0 aromatic rings. The van der Waals surface area contributed by atoms with Gasteiger partial charge in [-0.15, -0.1) is 0 Å². The van der Waals surface area contributed by atoms with E-state index in [4.69, 9.17) is 0 Å². The summed E-state index contributed by atoms with van der Waals surface area (Å²) in [5.41, 5.74) is 0. The van der Waals surface area contributed by atoms with Crippen LogP contribution >= 0.6 is 11.8 Å². The Kier molecular flexibility index (Phi) is 3.51. The predicted molar refractivity (Wildman–Crippen MR) is 63.1 cm³/mol. The minimum Gasteiger partial charge on any atom is -0.362 e. The molecule has 1 heterocycles. The van der Waals surface area contributed by atoms with Gasteiger partial charge in [0.2, 0.25) is 5.91 Å². The Bertz CT molecular complexity index is 276. The average molecular weight is 227 g/mol. The van der Waals surface area contributed by atoms with Crippen LogP contribution in [0.1, 0.15) is 26.2 Å². The van der Waals surface area contributed by atoms with Crippen molar-refractivity contribution in [2.75, 3.05) is 12.3 Å². The van der Waals surface area contributed by atoms with Crippen molar-refractivity contribution in [1.29, 1.82) is 0 Å². The number of hydrogen-bond acceptors (Lipinski definition) is 3. The number of amides is 1. The van der Waals surface area contributed by atoms with Crippen LogP contribution in [-0.4, -0.2) is 35.5 Å². The number of nitrogens with one attached hydrogen (secondary N) is 2. The first-order valence-electron chi connectivity index (χ1n) is 5.47. The van der Waals surface area contributed by atoms with Gasteiger partial charge in [0, 0.05) is 24.3 Å². The number of aliphatic imine (C=N–C) groups is 1. The van der Waals surface area contributed by atoms with E-state index in [0.717, 1.165) is 23.8 Å². The quantitative estimate of drug-likeness (QED) is 0.744. The van der Waals surface area contributed by atoms with Gasteiger partial charge in [-0.1, -0.05) is 11.8 Å². The second-order valence-electron chi connectivity index (χ2n) is 4.14. The molecule has 2 fully saturated rings. The van der Waals surface area contributed by atoms with Crippen LogP contribution in [0.15, 0.2) is 4.99 Å². The maximum absolute atomic E-state index is 11.3. The van der Waals surface area contributed by atoms with Crippen molar-refractivity contribution in [3.8, 4) is 0 Å². The molecule has 4 nitrogen and oxygen atoms in total. The fourth-order valence-electron chi connectivity index (χ4n) is 1.38. The van der Waals surface area contributed by atoms with Gasteiger partial charge in [-0.3, -0.25) is 9.79 Å². The zero-order valence-corrected chi connectivity index (χ0v) is 9.77. The molecule has 84 valence electrons. The van der Waals surface area contributed by atoms with Crippen LogP contribution in [0.4, 0.5) is 0 Å². The number of carbonyl (C=O) groups excluding carboxylic acids is 1. The number of carbonyl (C=O) groups is 1. The molecule has 2 N–H and O–H groups in total. The van der Waals surface area contributed by atoms with Crippen LogP contribution in [0.2, 0.25) is 0 Å². The first-order chi connectivity index (χ1) is 7.24. The van der Waals surface area contributed by atoms with E-state index in [1.165, 1.54) is 0 Å². The van der Waals surface area contributed by atoms with Crippen molar-refractivity contribution in [1.82, 2.24) is 10.6 Å². The van der Waals surface area contributed by atoms with Gasteiger partial charge < -0.3 is 10.6 Å². The summed E-state index contributed by atoms with van der Waals surface area (Å²) in [4.78, 5) is 15.7. The zero-order chi connectivity index (χ0) is 10.7. The van der Waals surface area contributed by atoms with Crippen LogP contribution in [0.5, 0.6) is 0 Å². The molecule has 5 heteroatoms. The highest BCUT2D eigenvalue weighted by atomic mass is 32.2. The average Bonchev–Trinajstić information content (AvgIpc) is 2.89. The lowest BCUT2D eigenvalue weighted by Gasteiger charge is -2.02. The summed E-state index contributed by atoms with van der Waals surface area (Å²) in [6.45, 7) is 2.73. The van der Waals surface area contributed by atoms with Crippen molar-refractivity contribution in [3.63, 3.8) is 0 Å². The first kappa shape index (κ1) is 10.8. The number of amidine groups is 1. The third kappa shape index (κ3) is 3.74. The monoisotopic (exact) mass is 227 g/mol. The highest BCUT2D eigenvalue weighted by molar-refractivity contribution is 8.14. The van der Waals surface area contributed by atoms with Gasteiger partial charge in [0.15, 0.2) is 5.17 Å². The summed E-state index contributed by atoms with van der Waals surface area (Å²) < 4.78 is 0. The predicted octanol–water partition coefficient (Wildman–Crippen LogP) is 0.736. The van der Waals surface area contributed by atoms with E-state index in [9.17, 15) is 4.79 Å². The van der Waals surface area contributed by atoms with Crippen LogP contribution in [0, 0.1) is 0 Å². The highest BCUT2D eigenvalue weighted by Crippen LogP contribution is 2.18. The summed E-state index contributed by atoms with van der Waals surface area (Å²) in [6.07, 6.45) is 2.81. The van der Waals surface area contributed by atoms with E-state index < -0.39 is 0 Å². The Morgan fingerprint density at radius 2 is 2.47 bits per heavy atom. The van der Waals surface area contributed by atoms with Crippen LogP contribution in [-0.2, 0) is 4.79 Å². The van der Waals surface area contributed by atoms with Gasteiger partial charge >= 0.3 is 0 Å². The van der Waals surface area contributed by atoms with E-state index in [1.807, 2.05) is 0 Å². The lowest BCUT2D eigenvalue weighted by molar-refractivity contribution is -0.121. The van der Waals surface area contributed by atoms with Crippen LogP contribution < -0.4 is 10.6 Å². The number of thioether (sulfide) groups is 1. The van der Waals surface area contributed by atoms with E-state index >= 15 is 0 Å². The van der Waals surface area contributed by atoms with Crippen molar-refractivity contribution in [2.24, 2.45) is 4.99 Å². The molecule has 1 aliphatic heterocycles. The van der Waals surface area contributed by atoms with Crippen LogP contribution in [0.3, 0.4) is 0 Å². The van der Waals surface area contributed by atoms with Gasteiger partial charge in [-0.05, 0) is 19.8 Å². The van der Waals surface area contributed by atoms with Gasteiger partial charge in [-0.2, -0.15) is 0 Å². The lowest BCUT2D eigenvalue weighted by atomic mass is 10.4. The summed E-state index contributed by atoms with van der Waals surface area (Å²) in [6, 6.07) is 0.971. The van der Waals surface area contributed by atoms with Gasteiger partial charge in [0.25, 0.3) is 0 Å². The topological polar surface area (TPSA) is 53.5 Å². The maximum atomic E-state index is 11.3. The third-order valence-corrected chi connectivity index (χ3v) is 3.56. The molecular formula is C10H17N3OS. The fourth-order valence-corrected chi connectivity index (χ4v) is 2.33. The van der Waals surface area contributed by atoms with E-state index in [1.54, 1.807) is 11.8 Å². The molecule has 1 saturated heterocycles. The van der Waals surface area contributed by atoms with E-state index in [2.05, 4.69) is 22.5 Å². The molecule has 1 atom stereocenters. The van der Waals surface area contributed by atoms with Gasteiger partial charge in [0.1, 0.15) is 0 Å². The van der Waals surface area contributed by atoms with Crippen LogP contribution in [0.25, 0.3) is 0 Å². The Morgan fingerprint density at radius 1 is 1.67 bits per heavy atom. The molecule has 2 aliphatic rings. The van der Waals surface area contributed by atoms with E-state index in [-0.39, 0.29) is 5.91 Å². The van der Waals surface area contributed by atoms with Crippen molar-refractivity contribution in [2.45, 2.75) is 38.3 Å². The Morgan fingerprint density at radius 3 is 3.07 bits per heavy atom. The smallest absolute Gasteiger partial charge is 0.222 e. The molecule has 0 aromatic carbocycles. The molecule has 0 spiro atoms. The Labute approximate surface area is 94.3 Å². The van der Waals surface area contributed by atoms with Gasteiger partial charge in [0.05, 0.1) is 6.54 Å². The van der Waals surface area contributed by atoms with Crippen molar-refractivity contribution >= 4 is 22.8 Å². The molecule has 1 unspecified atom stereocenters. The third-order valence-electron chi connectivity index (χ3n) is 2.38. The molecule has 1 aliphatic carbocycles. The molecule has 0 bridgehead atoms. The molecular weight excluding hydrogens is 210 g/mol. The molecule has 2 rings (SSSR count). The fraction of sp³-hybridized carbons (Fsp3) is 0.800. The SMILES string of the molecule is CC1CSC(=NCCC(=O)NC2CC2)N1. The first-order valence-corrected chi connectivity index (χ1v) is 6.46. The number of hydrogen-bond donors (Lipinski definition) is 2. The summed E-state index contributed by atoms with van der Waals surface area (Å²) in [5.74, 6) is 1.21. The highest BCUT2D eigenvalue weighted by Gasteiger charge is 2.22. The Balaban J connectivity index is 1.62. The van der Waals surface area contributed by atoms with E-state index in [0.29, 0.717) is 25.0 Å². The second-order valence-corrected chi connectivity index (χ2v) is 5.14. The minimum absolute atomic E-state index is 0.137. The molecule has 0 aromatic heterocycles. The maximum Gasteiger partial charge on any atom is 0.222 e. The molecule has 15 heavy (non-hydrogen) atoms. The zero-order valence-electron chi connectivity index (χ0n) is 8.95. The summed E-state index contributed by atoms with van der Waals surface area (Å²) >= 11 is 1.74. The number of rotatable bonds is 4. The molecule has 0 radical (unpaired) electrons. The summed E-state index contributed by atoms with van der Waals surface area (Å²) in [5, 5.41) is 7.20. The van der Waals surface area contributed by atoms with Gasteiger partial charge in [-0.25, -0.2) is 0 Å². The second kappa shape index (κ2) is 4.88. The number of nitrogens with zero attached hydrogens (tertiary/aromatic N) is 1. The van der Waals surface area contributed by atoms with Crippen molar-refractivity contribution in [3.05, 3.63) is 0 Å². The minimum atomic E-state index is 0.137. The normalized spacial score (nSPS) is 27.8. The lowest BCUT2D eigenvalue weighted by Crippen LogP contribution is -2.26. The van der Waals surface area contributed by atoms with Crippen molar-refractivity contribution < 1.29 is 4.79 Å². The largest absolute Gasteiger partial charge is 0.362 e. The standard InChI is InChI=1S/C10H17N3OS/c1-7-6-15-10(12-7)11-5-4-9(14)13-8-2-3-8/h7-8H,2-6H2,1H3,(H,11,12)(H,13,14). The Hall–Kier alpha value is -0.710. The summed E-state index contributed by atoms with van der Waals surface area (Å²) in [7, 11) is 0. The molecule has 1 saturated carbocycles. The molecule has 1 amide bonds.